The predicted octanol–water partition coefficient (Wildman–Crippen LogP) is 2.61. The van der Waals surface area contributed by atoms with E-state index >= 15 is 0 Å². The Hall–Kier alpha value is -1.19. The van der Waals surface area contributed by atoms with E-state index in [0.29, 0.717) is 12.8 Å². The van der Waals surface area contributed by atoms with Crippen LogP contribution in [0.2, 0.25) is 0 Å². The lowest BCUT2D eigenvalue weighted by Crippen LogP contribution is -2.42. The van der Waals surface area contributed by atoms with E-state index in [1.54, 1.807) is 0 Å². The van der Waals surface area contributed by atoms with Gasteiger partial charge in [-0.3, -0.25) is 4.79 Å². The molecule has 2 fully saturated rings. The number of benzene rings is 1. The fourth-order valence-corrected chi connectivity index (χ4v) is 2.70. The molecule has 0 aromatic heterocycles. The number of Topliss-reactive ketones (excluding diaryl/α,β-unsaturated/α-hetero) is 1. The zero-order chi connectivity index (χ0) is 11.9. The third-order valence-electron chi connectivity index (χ3n) is 3.65. The fourth-order valence-electron chi connectivity index (χ4n) is 2.70. The summed E-state index contributed by atoms with van der Waals surface area (Å²) < 4.78 is 11.9. The zero-order valence-corrected chi connectivity index (χ0v) is 9.89. The van der Waals surface area contributed by atoms with Crippen molar-refractivity contribution in [2.24, 2.45) is 0 Å². The first-order valence-corrected chi connectivity index (χ1v) is 6.07. The first-order valence-electron chi connectivity index (χ1n) is 6.07. The zero-order valence-electron chi connectivity index (χ0n) is 9.89. The number of carbonyl (C=O) groups excluding carboxylic acids is 1. The van der Waals surface area contributed by atoms with Gasteiger partial charge in [0.15, 0.2) is 6.29 Å². The Morgan fingerprint density at radius 2 is 2.06 bits per heavy atom. The van der Waals surface area contributed by atoms with Crippen LogP contribution in [0.3, 0.4) is 0 Å². The highest BCUT2D eigenvalue weighted by atomic mass is 16.7. The Labute approximate surface area is 101 Å². The molecule has 0 N–H and O–H groups in total. The van der Waals surface area contributed by atoms with Crippen LogP contribution in [-0.4, -0.2) is 17.5 Å². The minimum atomic E-state index is -0.435. The molecule has 0 bridgehead atoms. The highest BCUT2D eigenvalue weighted by Crippen LogP contribution is 2.44. The number of fused-ring (bicyclic) bond motifs is 1. The lowest BCUT2D eigenvalue weighted by atomic mass is 9.83. The third-order valence-corrected chi connectivity index (χ3v) is 3.65. The fraction of sp³-hybridized carbons (Fsp3) is 0.500. The molecule has 0 spiro atoms. The Kier molecular flexibility index (Phi) is 2.53. The van der Waals surface area contributed by atoms with Crippen LogP contribution in [0.5, 0.6) is 0 Å². The van der Waals surface area contributed by atoms with Crippen molar-refractivity contribution >= 4 is 5.78 Å². The van der Waals surface area contributed by atoms with Gasteiger partial charge in [0.1, 0.15) is 11.4 Å². The van der Waals surface area contributed by atoms with Crippen molar-refractivity contribution < 1.29 is 14.3 Å². The molecule has 3 heteroatoms. The molecule has 2 aliphatic rings. The normalized spacial score (nSPS) is 36.9. The highest BCUT2D eigenvalue weighted by Gasteiger charge is 2.49. The van der Waals surface area contributed by atoms with Gasteiger partial charge in [-0.1, -0.05) is 30.3 Å². The van der Waals surface area contributed by atoms with Gasteiger partial charge in [-0.05, 0) is 13.3 Å². The predicted molar refractivity (Wildman–Crippen MR) is 62.4 cm³/mol. The maximum atomic E-state index is 11.5. The molecular formula is C14H16O3. The second-order valence-electron chi connectivity index (χ2n) is 5.05. The Morgan fingerprint density at radius 3 is 2.82 bits per heavy atom. The Morgan fingerprint density at radius 1 is 1.29 bits per heavy atom. The van der Waals surface area contributed by atoms with E-state index in [4.69, 9.17) is 9.47 Å². The molecule has 1 saturated carbocycles. The molecule has 0 amide bonds. The lowest BCUT2D eigenvalue weighted by molar-refractivity contribution is -0.130. The molecule has 1 saturated heterocycles. The first kappa shape index (κ1) is 10.9. The number of ketones is 1. The molecule has 1 aliphatic heterocycles. The van der Waals surface area contributed by atoms with Crippen molar-refractivity contribution in [1.82, 2.24) is 0 Å². The van der Waals surface area contributed by atoms with Gasteiger partial charge in [-0.15, -0.1) is 0 Å². The topological polar surface area (TPSA) is 35.5 Å². The van der Waals surface area contributed by atoms with Gasteiger partial charge in [0, 0.05) is 18.4 Å². The first-order chi connectivity index (χ1) is 8.17. The van der Waals surface area contributed by atoms with Crippen molar-refractivity contribution in [3.8, 4) is 0 Å². The summed E-state index contributed by atoms with van der Waals surface area (Å²) in [6.45, 7) is 1.98. The average molecular weight is 232 g/mol. The van der Waals surface area contributed by atoms with Gasteiger partial charge in [0.2, 0.25) is 0 Å². The van der Waals surface area contributed by atoms with E-state index < -0.39 is 5.60 Å². The number of rotatable bonds is 1. The highest BCUT2D eigenvalue weighted by molar-refractivity contribution is 5.80. The molecule has 1 aromatic rings. The van der Waals surface area contributed by atoms with Gasteiger partial charge in [-0.25, -0.2) is 0 Å². The van der Waals surface area contributed by atoms with Gasteiger partial charge < -0.3 is 9.47 Å². The molecule has 2 unspecified atom stereocenters. The van der Waals surface area contributed by atoms with E-state index in [9.17, 15) is 4.79 Å². The Bertz CT molecular complexity index is 428. The molecule has 0 radical (unpaired) electrons. The molecule has 17 heavy (non-hydrogen) atoms. The summed E-state index contributed by atoms with van der Waals surface area (Å²) in [6, 6.07) is 9.89. The van der Waals surface area contributed by atoms with Crippen LogP contribution in [0.4, 0.5) is 0 Å². The number of hydrogen-bond acceptors (Lipinski definition) is 3. The average Bonchev–Trinajstić information content (AvgIpc) is 2.66. The molecule has 3 atom stereocenters. The van der Waals surface area contributed by atoms with Crippen molar-refractivity contribution in [2.45, 2.75) is 44.2 Å². The number of ether oxygens (including phenoxy) is 2. The SMILES string of the molecule is CC12CC(=O)CC[C@@H]1OC(c1ccccc1)O2. The Balaban J connectivity index is 1.83. The van der Waals surface area contributed by atoms with Crippen LogP contribution in [0, 0.1) is 0 Å². The van der Waals surface area contributed by atoms with Gasteiger partial charge in [0.05, 0.1) is 6.10 Å². The van der Waals surface area contributed by atoms with Crippen molar-refractivity contribution in [2.75, 3.05) is 0 Å². The summed E-state index contributed by atoms with van der Waals surface area (Å²) in [5.74, 6) is 0.279. The van der Waals surface area contributed by atoms with E-state index in [2.05, 4.69) is 0 Å². The summed E-state index contributed by atoms with van der Waals surface area (Å²) in [7, 11) is 0. The molecule has 1 heterocycles. The van der Waals surface area contributed by atoms with E-state index in [-0.39, 0.29) is 18.2 Å². The summed E-state index contributed by atoms with van der Waals surface area (Å²) in [5.41, 5.74) is 0.589. The smallest absolute Gasteiger partial charge is 0.185 e. The van der Waals surface area contributed by atoms with Crippen molar-refractivity contribution in [1.29, 1.82) is 0 Å². The largest absolute Gasteiger partial charge is 0.342 e. The maximum absolute atomic E-state index is 11.5. The monoisotopic (exact) mass is 232 g/mol. The van der Waals surface area contributed by atoms with Crippen LogP contribution in [0.25, 0.3) is 0 Å². The van der Waals surface area contributed by atoms with Crippen LogP contribution in [-0.2, 0) is 14.3 Å². The summed E-state index contributed by atoms with van der Waals surface area (Å²) in [4.78, 5) is 11.5. The van der Waals surface area contributed by atoms with Gasteiger partial charge in [0.25, 0.3) is 0 Å². The van der Waals surface area contributed by atoms with Crippen LogP contribution < -0.4 is 0 Å². The van der Waals surface area contributed by atoms with Crippen molar-refractivity contribution in [3.05, 3.63) is 35.9 Å². The molecule has 3 nitrogen and oxygen atoms in total. The molecule has 1 aliphatic carbocycles. The third kappa shape index (κ3) is 1.90. The van der Waals surface area contributed by atoms with Crippen molar-refractivity contribution in [3.63, 3.8) is 0 Å². The minimum absolute atomic E-state index is 0.0467. The molecule has 90 valence electrons. The molecule has 3 rings (SSSR count). The van der Waals surface area contributed by atoms with E-state index in [1.165, 1.54) is 0 Å². The summed E-state index contributed by atoms with van der Waals surface area (Å²) in [6.07, 6.45) is 1.59. The van der Waals surface area contributed by atoms with Gasteiger partial charge in [-0.2, -0.15) is 0 Å². The lowest BCUT2D eigenvalue weighted by Gasteiger charge is -2.31. The number of carbonyl (C=O) groups is 1. The standard InChI is InChI=1S/C14H16O3/c1-14-9-11(15)7-8-12(14)16-13(17-14)10-5-3-2-4-6-10/h2-6,12-13H,7-9H2,1H3/t12-,13?,14?/m0/s1. The number of hydrogen-bond donors (Lipinski definition) is 0. The van der Waals surface area contributed by atoms with Crippen LogP contribution in [0.15, 0.2) is 30.3 Å². The maximum Gasteiger partial charge on any atom is 0.185 e. The second-order valence-corrected chi connectivity index (χ2v) is 5.05. The molecular weight excluding hydrogens is 216 g/mol. The summed E-state index contributed by atoms with van der Waals surface area (Å²) >= 11 is 0. The van der Waals surface area contributed by atoms with Crippen LogP contribution >= 0.6 is 0 Å². The second kappa shape index (κ2) is 3.93. The van der Waals surface area contributed by atoms with E-state index in [0.717, 1.165) is 12.0 Å². The summed E-state index contributed by atoms with van der Waals surface area (Å²) in [5, 5.41) is 0. The quantitative estimate of drug-likeness (QED) is 0.746. The van der Waals surface area contributed by atoms with Crippen LogP contribution in [0.1, 0.15) is 38.0 Å². The molecule has 1 aromatic carbocycles. The minimum Gasteiger partial charge on any atom is -0.342 e. The van der Waals surface area contributed by atoms with Gasteiger partial charge >= 0.3 is 0 Å². The van der Waals surface area contributed by atoms with E-state index in [1.807, 2.05) is 37.3 Å².